The maximum absolute atomic E-state index is 11.8. The third kappa shape index (κ3) is 5.78. The number of carbonyl (C=O) groups is 2. The van der Waals surface area contributed by atoms with E-state index in [1.54, 1.807) is 24.3 Å². The van der Waals surface area contributed by atoms with Crippen molar-refractivity contribution in [2.24, 2.45) is 0 Å². The molecule has 0 unspecified atom stereocenters. The van der Waals surface area contributed by atoms with E-state index in [-0.39, 0.29) is 18.4 Å². The summed E-state index contributed by atoms with van der Waals surface area (Å²) in [5.41, 5.74) is 0.523. The summed E-state index contributed by atoms with van der Waals surface area (Å²) in [6.45, 7) is 2.05. The Bertz CT molecular complexity index is 643. The van der Waals surface area contributed by atoms with Crippen LogP contribution in [0.15, 0.2) is 30.3 Å². The molecule has 0 atom stereocenters. The van der Waals surface area contributed by atoms with E-state index >= 15 is 0 Å². The SMILES string of the molecule is CCCCCc1nnc(NC(=O)CNC(=O)c2ccccc2)s1. The fourth-order valence-corrected chi connectivity index (χ4v) is 2.74. The minimum Gasteiger partial charge on any atom is -0.343 e. The zero-order valence-electron chi connectivity index (χ0n) is 13.0. The van der Waals surface area contributed by atoms with Crippen molar-refractivity contribution < 1.29 is 9.59 Å². The third-order valence-electron chi connectivity index (χ3n) is 3.15. The van der Waals surface area contributed by atoms with E-state index in [9.17, 15) is 9.59 Å². The molecule has 0 spiro atoms. The summed E-state index contributed by atoms with van der Waals surface area (Å²) < 4.78 is 0. The first kappa shape index (κ1) is 17.1. The molecular weight excluding hydrogens is 312 g/mol. The molecule has 2 rings (SSSR count). The van der Waals surface area contributed by atoms with Gasteiger partial charge in [0.05, 0.1) is 6.54 Å². The molecule has 0 saturated heterocycles. The molecule has 1 aromatic heterocycles. The lowest BCUT2D eigenvalue weighted by Gasteiger charge is -2.04. The average Bonchev–Trinajstić information content (AvgIpc) is 3.01. The van der Waals surface area contributed by atoms with Crippen LogP contribution in [0.2, 0.25) is 0 Å². The Morgan fingerprint density at radius 2 is 1.91 bits per heavy atom. The van der Waals surface area contributed by atoms with Crippen molar-refractivity contribution in [2.45, 2.75) is 32.6 Å². The van der Waals surface area contributed by atoms with Gasteiger partial charge >= 0.3 is 0 Å². The molecule has 23 heavy (non-hydrogen) atoms. The Balaban J connectivity index is 1.75. The molecule has 1 aromatic carbocycles. The van der Waals surface area contributed by atoms with E-state index in [0.717, 1.165) is 30.7 Å². The Morgan fingerprint density at radius 1 is 1.13 bits per heavy atom. The summed E-state index contributed by atoms with van der Waals surface area (Å²) in [4.78, 5) is 23.7. The fourth-order valence-electron chi connectivity index (χ4n) is 1.95. The number of amides is 2. The first-order valence-electron chi connectivity index (χ1n) is 7.64. The molecule has 0 aliphatic heterocycles. The average molecular weight is 332 g/mol. The van der Waals surface area contributed by atoms with Gasteiger partial charge in [-0.05, 0) is 18.6 Å². The Kier molecular flexibility index (Phi) is 6.68. The number of carbonyl (C=O) groups excluding carboxylic acids is 2. The van der Waals surface area contributed by atoms with Gasteiger partial charge in [-0.3, -0.25) is 14.9 Å². The summed E-state index contributed by atoms with van der Waals surface area (Å²) in [7, 11) is 0. The largest absolute Gasteiger partial charge is 0.343 e. The van der Waals surface area contributed by atoms with Crippen LogP contribution in [0.5, 0.6) is 0 Å². The number of hydrogen-bond acceptors (Lipinski definition) is 5. The fraction of sp³-hybridized carbons (Fsp3) is 0.375. The van der Waals surface area contributed by atoms with Crippen LogP contribution in [-0.2, 0) is 11.2 Å². The standard InChI is InChI=1S/C16H20N4O2S/c1-2-3-5-10-14-19-20-16(23-14)18-13(21)11-17-15(22)12-8-6-4-7-9-12/h4,6-9H,2-3,5,10-11H2,1H3,(H,17,22)(H,18,20,21). The number of nitrogens with one attached hydrogen (secondary N) is 2. The first-order chi connectivity index (χ1) is 11.2. The highest BCUT2D eigenvalue weighted by Gasteiger charge is 2.10. The van der Waals surface area contributed by atoms with Gasteiger partial charge in [0.15, 0.2) is 0 Å². The van der Waals surface area contributed by atoms with Crippen LogP contribution in [0.3, 0.4) is 0 Å². The van der Waals surface area contributed by atoms with Crippen LogP contribution in [0.1, 0.15) is 41.6 Å². The molecule has 2 aromatic rings. The van der Waals surface area contributed by atoms with Crippen LogP contribution in [0.25, 0.3) is 0 Å². The Hall–Kier alpha value is -2.28. The normalized spacial score (nSPS) is 10.3. The smallest absolute Gasteiger partial charge is 0.251 e. The number of unbranched alkanes of at least 4 members (excludes halogenated alkanes) is 2. The molecule has 0 fully saturated rings. The number of aryl methyl sites for hydroxylation is 1. The van der Waals surface area contributed by atoms with E-state index in [1.807, 2.05) is 6.07 Å². The van der Waals surface area contributed by atoms with E-state index < -0.39 is 0 Å². The van der Waals surface area contributed by atoms with Gasteiger partial charge in [0, 0.05) is 12.0 Å². The zero-order valence-corrected chi connectivity index (χ0v) is 13.9. The molecule has 2 amide bonds. The van der Waals surface area contributed by atoms with E-state index in [4.69, 9.17) is 0 Å². The summed E-state index contributed by atoms with van der Waals surface area (Å²) >= 11 is 1.38. The van der Waals surface area contributed by atoms with Crippen molar-refractivity contribution in [3.05, 3.63) is 40.9 Å². The molecule has 0 bridgehead atoms. The Morgan fingerprint density at radius 3 is 2.65 bits per heavy atom. The van der Waals surface area contributed by atoms with Crippen molar-refractivity contribution in [2.75, 3.05) is 11.9 Å². The van der Waals surface area contributed by atoms with Crippen molar-refractivity contribution in [1.29, 1.82) is 0 Å². The molecular formula is C16H20N4O2S. The van der Waals surface area contributed by atoms with Crippen molar-refractivity contribution in [3.63, 3.8) is 0 Å². The van der Waals surface area contributed by atoms with Crippen LogP contribution < -0.4 is 10.6 Å². The van der Waals surface area contributed by atoms with Gasteiger partial charge in [-0.1, -0.05) is 49.3 Å². The minimum atomic E-state index is -0.314. The maximum atomic E-state index is 11.8. The molecule has 2 N–H and O–H groups in total. The van der Waals surface area contributed by atoms with E-state index in [2.05, 4.69) is 27.8 Å². The lowest BCUT2D eigenvalue weighted by atomic mass is 10.2. The number of nitrogens with zero attached hydrogens (tertiary/aromatic N) is 2. The van der Waals surface area contributed by atoms with E-state index in [1.165, 1.54) is 11.3 Å². The summed E-state index contributed by atoms with van der Waals surface area (Å²) in [5.74, 6) is -0.594. The topological polar surface area (TPSA) is 84.0 Å². The van der Waals surface area contributed by atoms with E-state index in [0.29, 0.717) is 10.7 Å². The number of aromatic nitrogens is 2. The second-order valence-corrected chi connectivity index (χ2v) is 6.12. The highest BCUT2D eigenvalue weighted by molar-refractivity contribution is 7.15. The monoisotopic (exact) mass is 332 g/mol. The predicted octanol–water partition coefficient (Wildman–Crippen LogP) is 2.64. The predicted molar refractivity (Wildman–Crippen MR) is 90.5 cm³/mol. The second-order valence-electron chi connectivity index (χ2n) is 5.05. The van der Waals surface area contributed by atoms with Crippen molar-refractivity contribution in [1.82, 2.24) is 15.5 Å². The van der Waals surface area contributed by atoms with Crippen molar-refractivity contribution >= 4 is 28.3 Å². The lowest BCUT2D eigenvalue weighted by molar-refractivity contribution is -0.115. The maximum Gasteiger partial charge on any atom is 0.251 e. The second kappa shape index (κ2) is 8.99. The zero-order chi connectivity index (χ0) is 16.5. The molecule has 7 heteroatoms. The third-order valence-corrected chi connectivity index (χ3v) is 4.05. The van der Waals surface area contributed by atoms with Gasteiger partial charge in [0.25, 0.3) is 5.91 Å². The van der Waals surface area contributed by atoms with Crippen LogP contribution in [0, 0.1) is 0 Å². The van der Waals surface area contributed by atoms with Crippen LogP contribution in [-0.4, -0.2) is 28.6 Å². The number of benzene rings is 1. The Labute approximate surface area is 139 Å². The molecule has 0 radical (unpaired) electrons. The number of rotatable bonds is 8. The van der Waals surface area contributed by atoms with Gasteiger partial charge in [-0.15, -0.1) is 10.2 Å². The summed E-state index contributed by atoms with van der Waals surface area (Å²) in [6, 6.07) is 8.77. The number of hydrogen-bond donors (Lipinski definition) is 2. The summed E-state index contributed by atoms with van der Waals surface area (Å²) in [6.07, 6.45) is 4.27. The summed E-state index contributed by atoms with van der Waals surface area (Å²) in [5, 5.41) is 14.6. The molecule has 1 heterocycles. The molecule has 6 nitrogen and oxygen atoms in total. The minimum absolute atomic E-state index is 0.0987. The molecule has 0 aliphatic rings. The van der Waals surface area contributed by atoms with Gasteiger partial charge in [0.1, 0.15) is 5.01 Å². The first-order valence-corrected chi connectivity index (χ1v) is 8.46. The highest BCUT2D eigenvalue weighted by Crippen LogP contribution is 2.17. The van der Waals surface area contributed by atoms with Crippen molar-refractivity contribution in [3.8, 4) is 0 Å². The van der Waals surface area contributed by atoms with Gasteiger partial charge in [-0.2, -0.15) is 0 Å². The molecule has 0 aliphatic carbocycles. The highest BCUT2D eigenvalue weighted by atomic mass is 32.1. The molecule has 0 saturated carbocycles. The van der Waals surface area contributed by atoms with Crippen LogP contribution in [0.4, 0.5) is 5.13 Å². The number of anilines is 1. The molecule has 122 valence electrons. The van der Waals surface area contributed by atoms with Gasteiger partial charge in [0.2, 0.25) is 11.0 Å². The lowest BCUT2D eigenvalue weighted by Crippen LogP contribution is -2.32. The quantitative estimate of drug-likeness (QED) is 0.728. The van der Waals surface area contributed by atoms with Gasteiger partial charge < -0.3 is 5.32 Å². The van der Waals surface area contributed by atoms with Crippen LogP contribution >= 0.6 is 11.3 Å². The van der Waals surface area contributed by atoms with Gasteiger partial charge in [-0.25, -0.2) is 0 Å².